The fourth-order valence-electron chi connectivity index (χ4n) is 1.28. The molecule has 2 aromatic rings. The third-order valence-electron chi connectivity index (χ3n) is 2.00. The molecule has 0 saturated heterocycles. The minimum atomic E-state index is -0.499. The van der Waals surface area contributed by atoms with Gasteiger partial charge in [-0.1, -0.05) is 0 Å². The first kappa shape index (κ1) is 7.79. The van der Waals surface area contributed by atoms with Crippen molar-refractivity contribution in [2.75, 3.05) is 0 Å². The molecule has 0 unspecified atom stereocenters. The van der Waals surface area contributed by atoms with Gasteiger partial charge >= 0.3 is 0 Å². The van der Waals surface area contributed by atoms with Gasteiger partial charge in [-0.2, -0.15) is 0 Å². The quantitative estimate of drug-likeness (QED) is 0.694. The zero-order valence-electron chi connectivity index (χ0n) is 7.19. The summed E-state index contributed by atoms with van der Waals surface area (Å²) in [6.45, 7) is 1.97. The molecule has 0 aliphatic carbocycles. The minimum Gasteiger partial charge on any atom is -0.364 e. The molecule has 4 nitrogen and oxygen atoms in total. The van der Waals surface area contributed by atoms with Crippen LogP contribution in [0.2, 0.25) is 0 Å². The number of amides is 1. The molecule has 4 heteroatoms. The molecule has 2 rings (SSSR count). The van der Waals surface area contributed by atoms with Crippen molar-refractivity contribution in [2.24, 2.45) is 5.73 Å². The van der Waals surface area contributed by atoms with Gasteiger partial charge in [0.05, 0.1) is 0 Å². The van der Waals surface area contributed by atoms with Crippen molar-refractivity contribution in [1.29, 1.82) is 0 Å². The Morgan fingerprint density at radius 2 is 2.31 bits per heavy atom. The van der Waals surface area contributed by atoms with E-state index in [2.05, 4.69) is 4.98 Å². The van der Waals surface area contributed by atoms with Crippen LogP contribution in [0.3, 0.4) is 0 Å². The predicted octanol–water partition coefficient (Wildman–Crippen LogP) is 0.742. The van der Waals surface area contributed by atoms with E-state index >= 15 is 0 Å². The number of hydrogen-bond acceptors (Lipinski definition) is 2. The number of primary amides is 1. The molecule has 2 aromatic heterocycles. The van der Waals surface area contributed by atoms with Gasteiger partial charge in [0.2, 0.25) is 0 Å². The molecule has 0 radical (unpaired) electrons. The first-order valence-electron chi connectivity index (χ1n) is 3.92. The lowest BCUT2D eigenvalue weighted by molar-refractivity contribution is 0.0995. The van der Waals surface area contributed by atoms with Gasteiger partial charge in [-0.25, -0.2) is 4.98 Å². The Balaban J connectivity index is 2.70. The number of nitrogens with two attached hydrogens (primary N) is 1. The number of hydrogen-bond donors (Lipinski definition) is 1. The lowest BCUT2D eigenvalue weighted by Gasteiger charge is -1.98. The van der Waals surface area contributed by atoms with E-state index in [1.807, 2.05) is 23.5 Å². The summed E-state index contributed by atoms with van der Waals surface area (Å²) < 4.78 is 1.90. The first-order valence-corrected chi connectivity index (χ1v) is 3.92. The largest absolute Gasteiger partial charge is 0.364 e. The second-order valence-electron chi connectivity index (χ2n) is 2.91. The molecule has 0 aromatic carbocycles. The molecule has 0 fully saturated rings. The molecule has 2 N–H and O–H groups in total. The van der Waals surface area contributed by atoms with E-state index in [4.69, 9.17) is 5.73 Å². The fraction of sp³-hybridized carbons (Fsp3) is 0.111. The maximum absolute atomic E-state index is 10.8. The number of carbonyl (C=O) groups excluding carboxylic acids is 1. The lowest BCUT2D eigenvalue weighted by atomic mass is 10.3. The van der Waals surface area contributed by atoms with Crippen LogP contribution in [0.4, 0.5) is 0 Å². The Hall–Kier alpha value is -1.84. The Kier molecular flexibility index (Phi) is 1.55. The maximum atomic E-state index is 10.8. The molecular weight excluding hydrogens is 166 g/mol. The van der Waals surface area contributed by atoms with Crippen LogP contribution in [0.15, 0.2) is 24.5 Å². The van der Waals surface area contributed by atoms with Crippen LogP contribution >= 0.6 is 0 Å². The van der Waals surface area contributed by atoms with Crippen molar-refractivity contribution in [2.45, 2.75) is 6.92 Å². The molecule has 0 saturated carbocycles. The van der Waals surface area contributed by atoms with Crippen molar-refractivity contribution in [3.63, 3.8) is 0 Å². The molecule has 13 heavy (non-hydrogen) atoms. The number of aryl methyl sites for hydroxylation is 1. The number of carbonyl (C=O) groups is 1. The Morgan fingerprint density at radius 1 is 1.54 bits per heavy atom. The molecule has 0 spiro atoms. The average Bonchev–Trinajstić information content (AvgIpc) is 2.47. The zero-order chi connectivity index (χ0) is 9.42. The van der Waals surface area contributed by atoms with Gasteiger partial charge in [0.15, 0.2) is 0 Å². The second-order valence-corrected chi connectivity index (χ2v) is 2.91. The molecule has 0 aliphatic heterocycles. The van der Waals surface area contributed by atoms with Crippen molar-refractivity contribution in [1.82, 2.24) is 9.38 Å². The number of aromatic nitrogens is 2. The third kappa shape index (κ3) is 1.16. The molecule has 0 atom stereocenters. The highest BCUT2D eigenvalue weighted by atomic mass is 16.1. The average molecular weight is 175 g/mol. The van der Waals surface area contributed by atoms with Crippen molar-refractivity contribution in [3.05, 3.63) is 35.9 Å². The van der Waals surface area contributed by atoms with Crippen molar-refractivity contribution >= 4 is 11.4 Å². The van der Waals surface area contributed by atoms with Gasteiger partial charge in [0.1, 0.15) is 12.0 Å². The predicted molar refractivity (Wildman–Crippen MR) is 48.4 cm³/mol. The summed E-state index contributed by atoms with van der Waals surface area (Å²) in [5.41, 5.74) is 7.41. The molecule has 0 aliphatic rings. The van der Waals surface area contributed by atoms with Crippen LogP contribution in [0.1, 0.15) is 16.2 Å². The van der Waals surface area contributed by atoms with Gasteiger partial charge in [-0.05, 0) is 25.1 Å². The molecule has 2 heterocycles. The van der Waals surface area contributed by atoms with Crippen molar-refractivity contribution < 1.29 is 4.79 Å². The van der Waals surface area contributed by atoms with E-state index in [1.54, 1.807) is 12.4 Å². The number of nitrogens with zero attached hydrogens (tertiary/aromatic N) is 2. The van der Waals surface area contributed by atoms with Gasteiger partial charge in [0, 0.05) is 11.2 Å². The summed E-state index contributed by atoms with van der Waals surface area (Å²) in [5, 5.41) is 0. The standard InChI is InChI=1S/C9H9N3O/c1-6-2-3-7-4-8(9(10)13)11-5-12(6)7/h2-5H,1H3,(H2,10,13). The normalized spacial score (nSPS) is 10.5. The summed E-state index contributed by atoms with van der Waals surface area (Å²) in [5.74, 6) is -0.499. The van der Waals surface area contributed by atoms with Crippen LogP contribution in [0, 0.1) is 6.92 Å². The van der Waals surface area contributed by atoms with Crippen LogP contribution in [-0.4, -0.2) is 15.3 Å². The molecular formula is C9H9N3O. The van der Waals surface area contributed by atoms with Gasteiger partial charge in [-0.3, -0.25) is 4.79 Å². The van der Waals surface area contributed by atoms with Gasteiger partial charge < -0.3 is 10.1 Å². The number of fused-ring (bicyclic) bond motifs is 1. The Bertz CT molecular complexity index is 473. The second kappa shape index (κ2) is 2.58. The summed E-state index contributed by atoms with van der Waals surface area (Å²) >= 11 is 0. The first-order chi connectivity index (χ1) is 6.18. The summed E-state index contributed by atoms with van der Waals surface area (Å²) in [6.07, 6.45) is 1.60. The molecule has 66 valence electrons. The van der Waals surface area contributed by atoms with Gasteiger partial charge in [-0.15, -0.1) is 0 Å². The highest BCUT2D eigenvalue weighted by molar-refractivity contribution is 5.91. The van der Waals surface area contributed by atoms with Gasteiger partial charge in [0.25, 0.3) is 5.91 Å². The summed E-state index contributed by atoms with van der Waals surface area (Å²) in [6, 6.07) is 5.56. The third-order valence-corrected chi connectivity index (χ3v) is 2.00. The van der Waals surface area contributed by atoms with E-state index in [0.29, 0.717) is 5.69 Å². The summed E-state index contributed by atoms with van der Waals surface area (Å²) in [4.78, 5) is 14.7. The Labute approximate surface area is 75.0 Å². The monoisotopic (exact) mass is 175 g/mol. The maximum Gasteiger partial charge on any atom is 0.267 e. The van der Waals surface area contributed by atoms with E-state index < -0.39 is 5.91 Å². The van der Waals surface area contributed by atoms with Crippen LogP contribution in [0.25, 0.3) is 5.52 Å². The number of rotatable bonds is 1. The van der Waals surface area contributed by atoms with Crippen LogP contribution in [0.5, 0.6) is 0 Å². The van der Waals surface area contributed by atoms with E-state index in [-0.39, 0.29) is 0 Å². The van der Waals surface area contributed by atoms with E-state index in [1.165, 1.54) is 0 Å². The van der Waals surface area contributed by atoms with E-state index in [9.17, 15) is 4.79 Å². The van der Waals surface area contributed by atoms with Crippen LogP contribution in [-0.2, 0) is 0 Å². The highest BCUT2D eigenvalue weighted by Gasteiger charge is 2.03. The highest BCUT2D eigenvalue weighted by Crippen LogP contribution is 2.08. The molecule has 0 bridgehead atoms. The SMILES string of the molecule is Cc1ccc2cc(C(N)=O)ncn12. The Morgan fingerprint density at radius 3 is 3.00 bits per heavy atom. The lowest BCUT2D eigenvalue weighted by Crippen LogP contribution is -2.13. The zero-order valence-corrected chi connectivity index (χ0v) is 7.19. The van der Waals surface area contributed by atoms with Crippen molar-refractivity contribution in [3.8, 4) is 0 Å². The molecule has 1 amide bonds. The smallest absolute Gasteiger partial charge is 0.267 e. The summed E-state index contributed by atoms with van der Waals surface area (Å²) in [7, 11) is 0. The topological polar surface area (TPSA) is 60.4 Å². The fourth-order valence-corrected chi connectivity index (χ4v) is 1.28. The minimum absolute atomic E-state index is 0.297. The van der Waals surface area contributed by atoms with Crippen LogP contribution < -0.4 is 5.73 Å². The van der Waals surface area contributed by atoms with E-state index in [0.717, 1.165) is 11.2 Å².